The lowest BCUT2D eigenvalue weighted by atomic mass is 10.00. The first kappa shape index (κ1) is 35.5. The van der Waals surface area contributed by atoms with Gasteiger partial charge in [0.25, 0.3) is 5.56 Å². The number of carbonyl (C=O) groups is 2. The second-order valence-electron chi connectivity index (χ2n) is 13.4. The molecule has 4 heterocycles. The van der Waals surface area contributed by atoms with E-state index in [-0.39, 0.29) is 48.1 Å². The van der Waals surface area contributed by atoms with Gasteiger partial charge >= 0.3 is 12.3 Å². The molecule has 1 N–H and O–H groups in total. The number of halogens is 4. The summed E-state index contributed by atoms with van der Waals surface area (Å²) in [6.07, 6.45) is 0.266. The first-order chi connectivity index (χ1) is 24.9. The van der Waals surface area contributed by atoms with Gasteiger partial charge in [0.15, 0.2) is 5.82 Å². The van der Waals surface area contributed by atoms with E-state index in [0.29, 0.717) is 55.5 Å². The standard InChI is InChI=1S/C37H36ClF3N6O5/c1-3-31-28(12-23-11-21(2)45(16-23)36(50)52-18-22-7-5-4-6-8-22)34(49)47-35(43-33(44-47)24-13-25-19-51-20-26(25)14-24)46(31)17-32(48)42-30-10-9-27(15-29(30)38)37(39,40)41/h4-10,12-13,15,21,25-26H,3,11,14,16-20H2,1-2H3,(H,42,48)/b23-12+/t21-,25?,26?/m1/s1. The summed E-state index contributed by atoms with van der Waals surface area (Å²) in [4.78, 5) is 47.2. The number of nitrogens with one attached hydrogen (secondary N) is 1. The number of ether oxygens (including phenoxy) is 2. The predicted octanol–water partition coefficient (Wildman–Crippen LogP) is 6.63. The summed E-state index contributed by atoms with van der Waals surface area (Å²) in [5.74, 6) is 0.461. The van der Waals surface area contributed by atoms with Crippen LogP contribution in [0.3, 0.4) is 0 Å². The first-order valence-electron chi connectivity index (χ1n) is 17.0. The van der Waals surface area contributed by atoms with Gasteiger partial charge in [-0.3, -0.25) is 9.59 Å². The summed E-state index contributed by atoms with van der Waals surface area (Å²) in [5.41, 5.74) is 1.99. The molecule has 0 spiro atoms. The van der Waals surface area contributed by atoms with Crippen molar-refractivity contribution in [2.75, 3.05) is 25.1 Å². The number of alkyl halides is 3. The van der Waals surface area contributed by atoms with Crippen molar-refractivity contribution in [3.8, 4) is 0 Å². The predicted molar refractivity (Wildman–Crippen MR) is 187 cm³/mol. The van der Waals surface area contributed by atoms with E-state index in [1.807, 2.05) is 44.2 Å². The fourth-order valence-corrected chi connectivity index (χ4v) is 7.37. The minimum absolute atomic E-state index is 0.00309. The molecule has 15 heteroatoms. The zero-order valence-electron chi connectivity index (χ0n) is 28.5. The quantitative estimate of drug-likeness (QED) is 0.216. The molecule has 1 aliphatic carbocycles. The molecule has 52 heavy (non-hydrogen) atoms. The van der Waals surface area contributed by atoms with Crippen LogP contribution in [0.25, 0.3) is 17.4 Å². The van der Waals surface area contributed by atoms with Crippen LogP contribution in [-0.4, -0.2) is 61.9 Å². The van der Waals surface area contributed by atoms with E-state index in [4.69, 9.17) is 26.1 Å². The van der Waals surface area contributed by atoms with Crippen molar-refractivity contribution < 1.29 is 32.2 Å². The molecule has 0 saturated carbocycles. The van der Waals surface area contributed by atoms with Crippen molar-refractivity contribution in [3.63, 3.8) is 0 Å². The number of anilines is 1. The van der Waals surface area contributed by atoms with Gasteiger partial charge < -0.3 is 24.3 Å². The highest BCUT2D eigenvalue weighted by Crippen LogP contribution is 2.39. The molecule has 0 radical (unpaired) electrons. The molecule has 7 rings (SSSR count). The Hall–Kier alpha value is -4.95. The Labute approximate surface area is 301 Å². The largest absolute Gasteiger partial charge is 0.445 e. The SMILES string of the molecule is CCc1c(/C=C2\C[C@@H](C)N(C(=O)OCc3ccccc3)C2)c(=O)n2nc(C3=CC4COCC4C3)nc2n1CC(=O)Nc1ccc(C(F)(F)F)cc1Cl. The monoisotopic (exact) mass is 736 g/mol. The molecule has 272 valence electrons. The molecule has 3 aliphatic rings. The van der Waals surface area contributed by atoms with E-state index >= 15 is 0 Å². The van der Waals surface area contributed by atoms with E-state index in [2.05, 4.69) is 16.5 Å². The lowest BCUT2D eigenvalue weighted by Gasteiger charge is -2.20. The van der Waals surface area contributed by atoms with E-state index < -0.39 is 29.3 Å². The van der Waals surface area contributed by atoms with Gasteiger partial charge in [0.05, 0.1) is 35.1 Å². The number of likely N-dealkylation sites (tertiary alicyclic amines) is 1. The smallest absolute Gasteiger partial charge is 0.416 e. The third-order valence-corrected chi connectivity index (χ3v) is 10.1. The summed E-state index contributed by atoms with van der Waals surface area (Å²) >= 11 is 6.14. The maximum Gasteiger partial charge on any atom is 0.416 e. The van der Waals surface area contributed by atoms with Gasteiger partial charge in [0.1, 0.15) is 13.2 Å². The number of rotatable bonds is 8. The zero-order chi connectivity index (χ0) is 36.7. The van der Waals surface area contributed by atoms with Crippen molar-refractivity contribution in [2.45, 2.75) is 58.5 Å². The maximum absolute atomic E-state index is 14.2. The lowest BCUT2D eigenvalue weighted by Crippen LogP contribution is -2.34. The normalized spacial score (nSPS) is 20.8. The van der Waals surface area contributed by atoms with Gasteiger partial charge in [-0.05, 0) is 73.1 Å². The van der Waals surface area contributed by atoms with Gasteiger partial charge in [-0.15, -0.1) is 5.10 Å². The van der Waals surface area contributed by atoms with Crippen molar-refractivity contribution in [3.05, 3.63) is 104 Å². The Kier molecular flexibility index (Phi) is 9.70. The van der Waals surface area contributed by atoms with E-state index in [0.717, 1.165) is 34.9 Å². The zero-order valence-corrected chi connectivity index (χ0v) is 29.2. The van der Waals surface area contributed by atoms with Gasteiger partial charge in [-0.25, -0.2) is 4.79 Å². The summed E-state index contributed by atoms with van der Waals surface area (Å²) in [6.45, 7) is 5.01. The van der Waals surface area contributed by atoms with E-state index in [9.17, 15) is 27.6 Å². The number of hydrogen-bond acceptors (Lipinski definition) is 7. The lowest BCUT2D eigenvalue weighted by molar-refractivity contribution is -0.137. The molecule has 2 amide bonds. The number of allylic oxidation sites excluding steroid dienone is 1. The Morgan fingerprint density at radius 3 is 2.63 bits per heavy atom. The molecule has 2 unspecified atom stereocenters. The van der Waals surface area contributed by atoms with Crippen LogP contribution >= 0.6 is 11.6 Å². The average Bonchev–Trinajstić information content (AvgIpc) is 3.90. The third kappa shape index (κ3) is 7.09. The Morgan fingerprint density at radius 1 is 1.13 bits per heavy atom. The summed E-state index contributed by atoms with van der Waals surface area (Å²) in [6, 6.07) is 11.9. The van der Waals surface area contributed by atoms with E-state index in [1.54, 1.807) is 15.5 Å². The highest BCUT2D eigenvalue weighted by atomic mass is 35.5. The minimum atomic E-state index is -4.60. The maximum atomic E-state index is 14.2. The fraction of sp³-hybridized carbons (Fsp3) is 0.378. The van der Waals surface area contributed by atoms with Crippen LogP contribution in [0.4, 0.5) is 23.7 Å². The molecule has 2 saturated heterocycles. The Balaban J connectivity index is 1.22. The molecule has 3 atom stereocenters. The van der Waals surface area contributed by atoms with E-state index in [1.165, 1.54) is 4.52 Å². The molecule has 2 fully saturated rings. The second-order valence-corrected chi connectivity index (χ2v) is 13.8. The molecular weight excluding hydrogens is 701 g/mol. The molecule has 0 bridgehead atoms. The molecule has 2 aromatic heterocycles. The first-order valence-corrected chi connectivity index (χ1v) is 17.4. The van der Waals surface area contributed by atoms with Crippen LogP contribution in [-0.2, 0) is 40.0 Å². The van der Waals surface area contributed by atoms with Crippen LogP contribution in [0.2, 0.25) is 5.02 Å². The number of hydrogen-bond donors (Lipinski definition) is 1. The Morgan fingerprint density at radius 2 is 1.92 bits per heavy atom. The number of carbonyl (C=O) groups excluding carboxylic acids is 2. The number of aromatic nitrogens is 4. The second kappa shape index (κ2) is 14.2. The molecule has 2 aliphatic heterocycles. The topological polar surface area (TPSA) is 120 Å². The van der Waals surface area contributed by atoms with Crippen molar-refractivity contribution >= 4 is 46.7 Å². The van der Waals surface area contributed by atoms with Gasteiger partial charge in [-0.1, -0.05) is 54.9 Å². The van der Waals surface area contributed by atoms with Crippen molar-refractivity contribution in [2.24, 2.45) is 11.8 Å². The fourth-order valence-electron chi connectivity index (χ4n) is 7.14. The van der Waals surface area contributed by atoms with Gasteiger partial charge in [-0.2, -0.15) is 22.7 Å². The Bertz CT molecular complexity index is 2160. The number of nitrogens with zero attached hydrogens (tertiary/aromatic N) is 5. The van der Waals surface area contributed by atoms with Crippen LogP contribution < -0.4 is 10.9 Å². The molecule has 4 aromatic rings. The highest BCUT2D eigenvalue weighted by Gasteiger charge is 2.35. The van der Waals surface area contributed by atoms with Gasteiger partial charge in [0.2, 0.25) is 11.7 Å². The summed E-state index contributed by atoms with van der Waals surface area (Å²) in [7, 11) is 0. The average molecular weight is 737 g/mol. The summed E-state index contributed by atoms with van der Waals surface area (Å²) in [5, 5.41) is 6.96. The van der Waals surface area contributed by atoms with Crippen LogP contribution in [0.15, 0.2) is 65.0 Å². The number of amides is 2. The van der Waals surface area contributed by atoms with Crippen LogP contribution in [0.5, 0.6) is 0 Å². The van der Waals surface area contributed by atoms with Crippen molar-refractivity contribution in [1.29, 1.82) is 0 Å². The number of fused-ring (bicyclic) bond motifs is 2. The highest BCUT2D eigenvalue weighted by molar-refractivity contribution is 6.33. The number of benzene rings is 2. The third-order valence-electron chi connectivity index (χ3n) is 9.78. The van der Waals surface area contributed by atoms with Crippen LogP contribution in [0, 0.1) is 11.8 Å². The van der Waals surface area contributed by atoms with Crippen LogP contribution in [0.1, 0.15) is 54.9 Å². The van der Waals surface area contributed by atoms with Gasteiger partial charge in [0, 0.05) is 24.2 Å². The molecular formula is C37H36ClF3N6O5. The molecule has 11 nitrogen and oxygen atoms in total. The summed E-state index contributed by atoms with van der Waals surface area (Å²) < 4.78 is 53.6. The minimum Gasteiger partial charge on any atom is -0.445 e. The molecule has 2 aromatic carbocycles. The van der Waals surface area contributed by atoms with Crippen molar-refractivity contribution in [1.82, 2.24) is 24.1 Å².